The van der Waals surface area contributed by atoms with Crippen LogP contribution < -0.4 is 5.73 Å². The number of esters is 1. The van der Waals surface area contributed by atoms with E-state index in [9.17, 15) is 4.79 Å². The van der Waals surface area contributed by atoms with E-state index in [1.54, 1.807) is 24.3 Å². The summed E-state index contributed by atoms with van der Waals surface area (Å²) in [5, 5.41) is 9.02. The van der Waals surface area contributed by atoms with Gasteiger partial charge in [0.15, 0.2) is 0 Å². The minimum absolute atomic E-state index is 0.195. The van der Waals surface area contributed by atoms with Crippen molar-refractivity contribution in [2.45, 2.75) is 12.5 Å². The van der Waals surface area contributed by atoms with E-state index in [0.29, 0.717) is 6.42 Å². The first-order valence-electron chi connectivity index (χ1n) is 4.94. The van der Waals surface area contributed by atoms with Crippen molar-refractivity contribution in [1.82, 2.24) is 0 Å². The molecular formula is C10H15NO7S. The molecule has 0 saturated heterocycles. The maximum absolute atomic E-state index is 11.0. The number of carbonyl (C=O) groups is 1. The second-order valence-corrected chi connectivity index (χ2v) is 4.34. The zero-order valence-corrected chi connectivity index (χ0v) is 10.9. The molecule has 1 aromatic carbocycles. The Hall–Kier alpha value is -1.68. The van der Waals surface area contributed by atoms with Crippen LogP contribution in [-0.2, 0) is 26.4 Å². The molecule has 0 aliphatic rings. The average molecular weight is 293 g/mol. The number of hydrogen-bond donors (Lipinski definition) is 4. The van der Waals surface area contributed by atoms with Crippen LogP contribution in [0.2, 0.25) is 0 Å². The summed E-state index contributed by atoms with van der Waals surface area (Å²) in [6.07, 6.45) is 0.410. The van der Waals surface area contributed by atoms with Crippen LogP contribution >= 0.6 is 0 Å². The number of methoxy groups -OCH3 is 1. The smallest absolute Gasteiger partial charge is 0.394 e. The summed E-state index contributed by atoms with van der Waals surface area (Å²) in [5.41, 5.74) is 6.45. The van der Waals surface area contributed by atoms with Crippen molar-refractivity contribution in [3.05, 3.63) is 29.8 Å². The van der Waals surface area contributed by atoms with Crippen molar-refractivity contribution in [1.29, 1.82) is 0 Å². The zero-order valence-electron chi connectivity index (χ0n) is 10.1. The van der Waals surface area contributed by atoms with Crippen LogP contribution in [0.5, 0.6) is 5.75 Å². The normalized spacial score (nSPS) is 12.0. The second-order valence-electron chi connectivity index (χ2n) is 3.45. The van der Waals surface area contributed by atoms with Gasteiger partial charge in [-0.3, -0.25) is 13.9 Å². The van der Waals surface area contributed by atoms with E-state index in [2.05, 4.69) is 4.74 Å². The average Bonchev–Trinajstić information content (AvgIpc) is 2.29. The van der Waals surface area contributed by atoms with Gasteiger partial charge in [0.25, 0.3) is 0 Å². The highest BCUT2D eigenvalue weighted by Gasteiger charge is 2.13. The molecule has 0 fully saturated rings. The zero-order chi connectivity index (χ0) is 15.1. The van der Waals surface area contributed by atoms with Crippen LogP contribution in [0.1, 0.15) is 5.56 Å². The highest BCUT2D eigenvalue weighted by Crippen LogP contribution is 2.10. The Balaban J connectivity index is 0.000000555. The molecule has 8 nitrogen and oxygen atoms in total. The number of benzene rings is 1. The van der Waals surface area contributed by atoms with E-state index < -0.39 is 22.4 Å². The van der Waals surface area contributed by atoms with E-state index >= 15 is 0 Å². The summed E-state index contributed by atoms with van der Waals surface area (Å²) in [5.74, 6) is -0.238. The maximum atomic E-state index is 11.0. The van der Waals surface area contributed by atoms with E-state index in [1.165, 1.54) is 7.11 Å². The van der Waals surface area contributed by atoms with Crippen molar-refractivity contribution in [2.75, 3.05) is 7.11 Å². The van der Waals surface area contributed by atoms with E-state index in [-0.39, 0.29) is 5.75 Å². The van der Waals surface area contributed by atoms with Crippen molar-refractivity contribution >= 4 is 16.4 Å². The fourth-order valence-electron chi connectivity index (χ4n) is 1.12. The minimum atomic E-state index is -4.67. The molecule has 19 heavy (non-hydrogen) atoms. The fraction of sp³-hybridized carbons (Fsp3) is 0.300. The Morgan fingerprint density at radius 3 is 2.11 bits per heavy atom. The summed E-state index contributed by atoms with van der Waals surface area (Å²) in [7, 11) is -3.36. The highest BCUT2D eigenvalue weighted by molar-refractivity contribution is 7.79. The monoisotopic (exact) mass is 293 g/mol. The third-order valence-electron chi connectivity index (χ3n) is 1.90. The fourth-order valence-corrected chi connectivity index (χ4v) is 1.12. The number of phenolic OH excluding ortho intramolecular Hbond substituents is 1. The summed E-state index contributed by atoms with van der Waals surface area (Å²) >= 11 is 0. The molecule has 0 heterocycles. The molecule has 1 atom stereocenters. The van der Waals surface area contributed by atoms with Gasteiger partial charge in [0, 0.05) is 0 Å². The van der Waals surface area contributed by atoms with E-state index in [0.717, 1.165) is 5.56 Å². The first-order valence-corrected chi connectivity index (χ1v) is 6.34. The Labute approximate surface area is 110 Å². The molecule has 0 bridgehead atoms. The third-order valence-corrected chi connectivity index (χ3v) is 1.90. The Morgan fingerprint density at radius 1 is 1.32 bits per heavy atom. The SMILES string of the molecule is COC(=O)[C@@H](N)Cc1ccc(O)cc1.O=S(=O)(O)O. The first-order chi connectivity index (χ1) is 8.63. The Morgan fingerprint density at radius 2 is 1.74 bits per heavy atom. The van der Waals surface area contributed by atoms with Gasteiger partial charge in [0.1, 0.15) is 11.8 Å². The van der Waals surface area contributed by atoms with Crippen LogP contribution in [0, 0.1) is 0 Å². The number of carbonyl (C=O) groups excluding carboxylic acids is 1. The lowest BCUT2D eigenvalue weighted by atomic mass is 10.1. The Kier molecular flexibility index (Phi) is 7.01. The van der Waals surface area contributed by atoms with Gasteiger partial charge in [-0.15, -0.1) is 0 Å². The first kappa shape index (κ1) is 17.3. The second kappa shape index (κ2) is 7.69. The number of ether oxygens (including phenoxy) is 1. The van der Waals surface area contributed by atoms with Gasteiger partial charge < -0.3 is 15.6 Å². The molecule has 0 spiro atoms. The van der Waals surface area contributed by atoms with Crippen LogP contribution in [0.3, 0.4) is 0 Å². The number of nitrogens with two attached hydrogens (primary N) is 1. The number of rotatable bonds is 3. The van der Waals surface area contributed by atoms with Crippen molar-refractivity contribution in [2.24, 2.45) is 5.73 Å². The van der Waals surface area contributed by atoms with E-state index in [1.807, 2.05) is 0 Å². The molecule has 0 aromatic heterocycles. The molecule has 0 radical (unpaired) electrons. The molecule has 0 aliphatic carbocycles. The molecule has 5 N–H and O–H groups in total. The molecule has 9 heteroatoms. The quantitative estimate of drug-likeness (QED) is 0.442. The molecule has 108 valence electrons. The van der Waals surface area contributed by atoms with Crippen LogP contribution in [0.4, 0.5) is 0 Å². The van der Waals surface area contributed by atoms with E-state index in [4.69, 9.17) is 28.4 Å². The number of phenols is 1. The standard InChI is InChI=1S/C10H13NO3.H2O4S/c1-14-10(13)9(11)6-7-2-4-8(12)5-3-7;1-5(2,3)4/h2-5,9,12H,6,11H2,1H3;(H2,1,2,3,4)/t9-;/m0./s1. The van der Waals surface area contributed by atoms with Gasteiger partial charge in [0.05, 0.1) is 7.11 Å². The molecular weight excluding hydrogens is 278 g/mol. The molecule has 1 aromatic rings. The van der Waals surface area contributed by atoms with Crippen LogP contribution in [0.15, 0.2) is 24.3 Å². The van der Waals surface area contributed by atoms with Gasteiger partial charge in [0.2, 0.25) is 0 Å². The van der Waals surface area contributed by atoms with Gasteiger partial charge in [-0.1, -0.05) is 12.1 Å². The summed E-state index contributed by atoms with van der Waals surface area (Å²) < 4.78 is 36.1. The maximum Gasteiger partial charge on any atom is 0.394 e. The summed E-state index contributed by atoms with van der Waals surface area (Å²) in [4.78, 5) is 11.0. The molecule has 0 unspecified atom stereocenters. The predicted octanol–water partition coefficient (Wildman–Crippen LogP) is -0.218. The largest absolute Gasteiger partial charge is 0.508 e. The van der Waals surface area contributed by atoms with Gasteiger partial charge >= 0.3 is 16.4 Å². The lowest BCUT2D eigenvalue weighted by Gasteiger charge is -2.08. The van der Waals surface area contributed by atoms with Gasteiger partial charge in [-0.05, 0) is 24.1 Å². The number of hydrogen-bond acceptors (Lipinski definition) is 6. The lowest BCUT2D eigenvalue weighted by molar-refractivity contribution is -0.142. The highest BCUT2D eigenvalue weighted by atomic mass is 32.3. The molecule has 0 saturated carbocycles. The number of aromatic hydroxyl groups is 1. The lowest BCUT2D eigenvalue weighted by Crippen LogP contribution is -2.33. The molecule has 0 aliphatic heterocycles. The van der Waals surface area contributed by atoms with Crippen LogP contribution in [0.25, 0.3) is 0 Å². The predicted molar refractivity (Wildman–Crippen MR) is 66.0 cm³/mol. The van der Waals surface area contributed by atoms with Gasteiger partial charge in [-0.25, -0.2) is 0 Å². The Bertz CT molecular complexity index is 489. The van der Waals surface area contributed by atoms with Gasteiger partial charge in [-0.2, -0.15) is 8.42 Å². The molecule has 0 amide bonds. The topological polar surface area (TPSA) is 147 Å². The third kappa shape index (κ3) is 9.97. The van der Waals surface area contributed by atoms with Crippen molar-refractivity contribution < 1.29 is 32.2 Å². The van der Waals surface area contributed by atoms with Crippen LogP contribution in [-0.4, -0.2) is 41.8 Å². The minimum Gasteiger partial charge on any atom is -0.508 e. The van der Waals surface area contributed by atoms with Crippen molar-refractivity contribution in [3.63, 3.8) is 0 Å². The summed E-state index contributed by atoms with van der Waals surface area (Å²) in [6, 6.07) is 5.90. The summed E-state index contributed by atoms with van der Waals surface area (Å²) in [6.45, 7) is 0. The van der Waals surface area contributed by atoms with Crippen molar-refractivity contribution in [3.8, 4) is 5.75 Å². The molecule has 1 rings (SSSR count).